The summed E-state index contributed by atoms with van der Waals surface area (Å²) in [6.45, 7) is 6.63. The Labute approximate surface area is 93.7 Å². The predicted octanol–water partition coefficient (Wildman–Crippen LogP) is 3.13. The van der Waals surface area contributed by atoms with Crippen molar-refractivity contribution in [2.24, 2.45) is 0 Å². The van der Waals surface area contributed by atoms with Gasteiger partial charge in [0.25, 0.3) is 0 Å². The van der Waals surface area contributed by atoms with E-state index in [4.69, 9.17) is 0 Å². The number of nitrogens with zero attached hydrogens (tertiary/aromatic N) is 1. The van der Waals surface area contributed by atoms with Crippen LogP contribution in [-0.4, -0.2) is 11.5 Å². The third kappa shape index (κ3) is 2.25. The molecule has 1 aromatic carbocycles. The van der Waals surface area contributed by atoms with Crippen LogP contribution >= 0.6 is 11.3 Å². The zero-order chi connectivity index (χ0) is 10.7. The molecule has 2 aromatic rings. The third-order valence-electron chi connectivity index (χ3n) is 2.25. The average Bonchev–Trinajstić information content (AvgIpc) is 2.69. The first kappa shape index (κ1) is 10.3. The number of aromatic nitrogens is 1. The maximum Gasteiger partial charge on any atom is 0.111 e. The molecule has 1 atom stereocenters. The van der Waals surface area contributed by atoms with Gasteiger partial charge in [-0.2, -0.15) is 0 Å². The average molecular weight is 218 g/mol. The van der Waals surface area contributed by atoms with Gasteiger partial charge in [-0.05, 0) is 19.1 Å². The van der Waals surface area contributed by atoms with E-state index in [-0.39, 0.29) is 0 Å². The number of fused-ring (bicyclic) bond motifs is 1. The lowest BCUT2D eigenvalue weighted by molar-refractivity contribution is 0.615. The number of nitrogens with one attached hydrogen (secondary N) is 1. The molecule has 0 bridgehead atoms. The van der Waals surface area contributed by atoms with Crippen molar-refractivity contribution >= 4 is 21.6 Å². The number of hydrogen-bond acceptors (Lipinski definition) is 3. The summed E-state index contributed by atoms with van der Waals surface area (Å²) >= 11 is 1.75. The highest BCUT2D eigenvalue weighted by Gasteiger charge is 2.09. The summed E-state index contributed by atoms with van der Waals surface area (Å²) in [5.41, 5.74) is 1.09. The third-order valence-corrected chi connectivity index (χ3v) is 3.47. The van der Waals surface area contributed by atoms with Crippen LogP contribution in [0.2, 0.25) is 0 Å². The van der Waals surface area contributed by atoms with Crippen LogP contribution in [0.3, 0.4) is 0 Å². The van der Waals surface area contributed by atoms with Gasteiger partial charge in [0.2, 0.25) is 0 Å². The Bertz CT molecular complexity index is 428. The largest absolute Gasteiger partial charge is 0.305 e. The zero-order valence-corrected chi connectivity index (χ0v) is 9.55. The van der Waals surface area contributed by atoms with Gasteiger partial charge in [0.05, 0.1) is 16.3 Å². The Morgan fingerprint density at radius 3 is 3.07 bits per heavy atom. The molecule has 1 unspecified atom stereocenters. The molecule has 2 nitrogen and oxygen atoms in total. The van der Waals surface area contributed by atoms with E-state index in [9.17, 15) is 0 Å². The second-order valence-electron chi connectivity index (χ2n) is 3.44. The second kappa shape index (κ2) is 4.55. The lowest BCUT2D eigenvalue weighted by Crippen LogP contribution is -2.17. The first-order valence-electron chi connectivity index (χ1n) is 5.01. The van der Waals surface area contributed by atoms with Crippen molar-refractivity contribution in [3.63, 3.8) is 0 Å². The van der Waals surface area contributed by atoms with Gasteiger partial charge in [-0.3, -0.25) is 0 Å². The number of para-hydroxylation sites is 1. The standard InChI is InChI=1S/C12H14N2S/c1-3-8-13-9(2)12-14-10-6-4-5-7-11(10)15-12/h3-7,9,13H,1,8H2,2H3. The van der Waals surface area contributed by atoms with Crippen molar-refractivity contribution in [1.82, 2.24) is 10.3 Å². The first-order valence-corrected chi connectivity index (χ1v) is 5.82. The van der Waals surface area contributed by atoms with E-state index >= 15 is 0 Å². The fraction of sp³-hybridized carbons (Fsp3) is 0.250. The van der Waals surface area contributed by atoms with Crippen LogP contribution in [0.5, 0.6) is 0 Å². The number of rotatable bonds is 4. The summed E-state index contributed by atoms with van der Waals surface area (Å²) in [6, 6.07) is 8.52. The predicted molar refractivity (Wildman–Crippen MR) is 66.2 cm³/mol. The van der Waals surface area contributed by atoms with Crippen LogP contribution in [-0.2, 0) is 0 Å². The molecule has 0 saturated carbocycles. The van der Waals surface area contributed by atoms with E-state index in [1.165, 1.54) is 4.70 Å². The highest BCUT2D eigenvalue weighted by molar-refractivity contribution is 7.18. The molecule has 78 valence electrons. The van der Waals surface area contributed by atoms with Gasteiger partial charge in [-0.25, -0.2) is 4.98 Å². The molecule has 0 fully saturated rings. The van der Waals surface area contributed by atoms with Crippen LogP contribution in [0, 0.1) is 0 Å². The minimum Gasteiger partial charge on any atom is -0.305 e. The van der Waals surface area contributed by atoms with Crippen molar-refractivity contribution < 1.29 is 0 Å². The number of thiazole rings is 1. The monoisotopic (exact) mass is 218 g/mol. The van der Waals surface area contributed by atoms with E-state index in [2.05, 4.69) is 35.9 Å². The van der Waals surface area contributed by atoms with Gasteiger partial charge in [0.1, 0.15) is 5.01 Å². The highest BCUT2D eigenvalue weighted by Crippen LogP contribution is 2.25. The second-order valence-corrected chi connectivity index (χ2v) is 4.50. The highest BCUT2D eigenvalue weighted by atomic mass is 32.1. The van der Waals surface area contributed by atoms with E-state index in [0.717, 1.165) is 17.1 Å². The Balaban J connectivity index is 2.24. The summed E-state index contributed by atoms with van der Waals surface area (Å²) in [5.74, 6) is 0. The molecule has 0 aliphatic carbocycles. The van der Waals surface area contributed by atoms with Crippen LogP contribution in [0.1, 0.15) is 18.0 Å². The summed E-state index contributed by atoms with van der Waals surface area (Å²) in [5, 5.41) is 4.48. The minimum atomic E-state index is 0.292. The van der Waals surface area contributed by atoms with Gasteiger partial charge in [-0.1, -0.05) is 18.2 Å². The van der Waals surface area contributed by atoms with Crippen LogP contribution in [0.15, 0.2) is 36.9 Å². The Hall–Kier alpha value is -1.19. The maximum atomic E-state index is 4.59. The van der Waals surface area contributed by atoms with E-state index < -0.39 is 0 Å². The van der Waals surface area contributed by atoms with Gasteiger partial charge in [0, 0.05) is 6.54 Å². The molecule has 1 N–H and O–H groups in total. The van der Waals surface area contributed by atoms with Gasteiger partial charge >= 0.3 is 0 Å². The van der Waals surface area contributed by atoms with Gasteiger partial charge in [0.15, 0.2) is 0 Å². The van der Waals surface area contributed by atoms with Gasteiger partial charge < -0.3 is 5.32 Å². The quantitative estimate of drug-likeness (QED) is 0.797. The van der Waals surface area contributed by atoms with Crippen molar-refractivity contribution in [1.29, 1.82) is 0 Å². The fourth-order valence-corrected chi connectivity index (χ4v) is 2.42. The number of hydrogen-bond donors (Lipinski definition) is 1. The maximum absolute atomic E-state index is 4.59. The fourth-order valence-electron chi connectivity index (χ4n) is 1.42. The van der Waals surface area contributed by atoms with Crippen LogP contribution in [0.25, 0.3) is 10.2 Å². The zero-order valence-electron chi connectivity index (χ0n) is 8.73. The Morgan fingerprint density at radius 2 is 2.33 bits per heavy atom. The van der Waals surface area contributed by atoms with Crippen molar-refractivity contribution in [3.8, 4) is 0 Å². The van der Waals surface area contributed by atoms with Crippen molar-refractivity contribution in [2.75, 3.05) is 6.54 Å². The molecular formula is C12H14N2S. The molecule has 0 aliphatic rings. The smallest absolute Gasteiger partial charge is 0.111 e. The van der Waals surface area contributed by atoms with Crippen LogP contribution < -0.4 is 5.32 Å². The topological polar surface area (TPSA) is 24.9 Å². The lowest BCUT2D eigenvalue weighted by atomic mass is 10.3. The first-order chi connectivity index (χ1) is 7.31. The molecule has 0 saturated heterocycles. The van der Waals surface area contributed by atoms with Gasteiger partial charge in [-0.15, -0.1) is 17.9 Å². The molecule has 1 heterocycles. The molecular weight excluding hydrogens is 204 g/mol. The lowest BCUT2D eigenvalue weighted by Gasteiger charge is -2.07. The molecule has 0 spiro atoms. The minimum absolute atomic E-state index is 0.292. The van der Waals surface area contributed by atoms with E-state index in [1.54, 1.807) is 11.3 Å². The Kier molecular flexibility index (Phi) is 3.14. The van der Waals surface area contributed by atoms with Crippen molar-refractivity contribution in [2.45, 2.75) is 13.0 Å². The molecule has 0 aliphatic heterocycles. The summed E-state index contributed by atoms with van der Waals surface area (Å²) < 4.78 is 1.25. The SMILES string of the molecule is C=CCNC(C)c1nc2ccccc2s1. The summed E-state index contributed by atoms with van der Waals surface area (Å²) in [6.07, 6.45) is 1.86. The molecule has 0 amide bonds. The number of benzene rings is 1. The molecule has 2 rings (SSSR count). The summed E-state index contributed by atoms with van der Waals surface area (Å²) in [4.78, 5) is 4.59. The molecule has 15 heavy (non-hydrogen) atoms. The van der Waals surface area contributed by atoms with Crippen molar-refractivity contribution in [3.05, 3.63) is 41.9 Å². The van der Waals surface area contributed by atoms with Crippen LogP contribution in [0.4, 0.5) is 0 Å². The molecule has 0 radical (unpaired) electrons. The Morgan fingerprint density at radius 1 is 1.53 bits per heavy atom. The van der Waals surface area contributed by atoms with E-state index in [0.29, 0.717) is 6.04 Å². The molecule has 3 heteroatoms. The van der Waals surface area contributed by atoms with E-state index in [1.807, 2.05) is 18.2 Å². The molecule has 1 aromatic heterocycles. The summed E-state index contributed by atoms with van der Waals surface area (Å²) in [7, 11) is 0. The normalized spacial score (nSPS) is 12.9.